The number of rotatable bonds is 7. The molecule has 3 rings (SSSR count). The maximum absolute atomic E-state index is 11.8. The Balaban J connectivity index is 1.41. The van der Waals surface area contributed by atoms with Gasteiger partial charge in [0.2, 0.25) is 5.91 Å². The van der Waals surface area contributed by atoms with Gasteiger partial charge in [0.15, 0.2) is 0 Å². The van der Waals surface area contributed by atoms with Gasteiger partial charge in [-0.2, -0.15) is 0 Å². The Bertz CT molecular complexity index is 753. The molecule has 1 N–H and O–H groups in total. The lowest BCUT2D eigenvalue weighted by atomic mass is 10.2. The summed E-state index contributed by atoms with van der Waals surface area (Å²) in [6.45, 7) is 0.980. The average molecular weight is 321 g/mol. The lowest BCUT2D eigenvalue weighted by Crippen LogP contribution is -2.27. The van der Waals surface area contributed by atoms with Crippen molar-refractivity contribution in [3.05, 3.63) is 84.4 Å². The van der Waals surface area contributed by atoms with Gasteiger partial charge in [0, 0.05) is 24.6 Å². The van der Waals surface area contributed by atoms with E-state index in [1.54, 1.807) is 12.5 Å². The number of ether oxygens (including phenoxy) is 1. The molecule has 3 aromatic rings. The van der Waals surface area contributed by atoms with Crippen molar-refractivity contribution in [1.29, 1.82) is 0 Å². The van der Waals surface area contributed by atoms with Crippen LogP contribution < -0.4 is 5.32 Å². The van der Waals surface area contributed by atoms with E-state index in [2.05, 4.69) is 10.3 Å². The van der Waals surface area contributed by atoms with Crippen LogP contribution in [0.4, 0.5) is 0 Å². The zero-order chi connectivity index (χ0) is 16.6. The van der Waals surface area contributed by atoms with Gasteiger partial charge in [-0.05, 0) is 23.3 Å². The largest absolute Gasteiger partial charge is 0.367 e. The van der Waals surface area contributed by atoms with Crippen molar-refractivity contribution in [2.45, 2.75) is 13.2 Å². The van der Waals surface area contributed by atoms with E-state index in [-0.39, 0.29) is 12.5 Å². The third kappa shape index (κ3) is 4.54. The second kappa shape index (κ2) is 8.08. The van der Waals surface area contributed by atoms with Crippen molar-refractivity contribution in [1.82, 2.24) is 14.9 Å². The molecule has 0 radical (unpaired) electrons. The molecule has 24 heavy (non-hydrogen) atoms. The molecule has 0 aliphatic carbocycles. The molecule has 0 aliphatic rings. The number of benzene rings is 2. The minimum absolute atomic E-state index is 0.0576. The normalized spacial score (nSPS) is 10.5. The van der Waals surface area contributed by atoms with Gasteiger partial charge in [0.05, 0.1) is 12.9 Å². The van der Waals surface area contributed by atoms with Crippen molar-refractivity contribution in [3.63, 3.8) is 0 Å². The summed E-state index contributed by atoms with van der Waals surface area (Å²) in [7, 11) is 0. The third-order valence-electron chi connectivity index (χ3n) is 3.57. The highest BCUT2D eigenvalue weighted by atomic mass is 16.5. The predicted octanol–water partition coefficient (Wildman–Crippen LogP) is 2.71. The monoisotopic (exact) mass is 321 g/mol. The molecule has 0 saturated carbocycles. The number of hydrogen-bond acceptors (Lipinski definition) is 3. The zero-order valence-corrected chi connectivity index (χ0v) is 13.3. The van der Waals surface area contributed by atoms with Crippen LogP contribution in [0.1, 0.15) is 11.1 Å². The summed E-state index contributed by atoms with van der Waals surface area (Å²) < 4.78 is 7.35. The van der Waals surface area contributed by atoms with Crippen LogP contribution in [0, 0.1) is 0 Å². The first-order valence-corrected chi connectivity index (χ1v) is 7.77. The zero-order valence-electron chi connectivity index (χ0n) is 13.3. The maximum atomic E-state index is 11.8. The topological polar surface area (TPSA) is 56.1 Å². The molecule has 0 bridgehead atoms. The SMILES string of the molecule is O=C(COCc1ccccc1)NCc1ccc(-n2ccnc2)cc1. The predicted molar refractivity (Wildman–Crippen MR) is 91.5 cm³/mol. The van der Waals surface area contributed by atoms with E-state index in [0.29, 0.717) is 13.2 Å². The highest BCUT2D eigenvalue weighted by Gasteiger charge is 2.02. The second-order valence-corrected chi connectivity index (χ2v) is 5.39. The molecule has 0 fully saturated rings. The molecule has 1 amide bonds. The van der Waals surface area contributed by atoms with Crippen molar-refractivity contribution in [2.24, 2.45) is 0 Å². The van der Waals surface area contributed by atoms with Gasteiger partial charge in [0.25, 0.3) is 0 Å². The van der Waals surface area contributed by atoms with Gasteiger partial charge >= 0.3 is 0 Å². The lowest BCUT2D eigenvalue weighted by Gasteiger charge is -2.08. The van der Waals surface area contributed by atoms with Crippen LogP contribution in [0.25, 0.3) is 5.69 Å². The second-order valence-electron chi connectivity index (χ2n) is 5.39. The summed E-state index contributed by atoms with van der Waals surface area (Å²) in [5.74, 6) is -0.121. The Hall–Kier alpha value is -2.92. The number of aromatic nitrogens is 2. The van der Waals surface area contributed by atoms with Crippen LogP contribution in [-0.4, -0.2) is 22.1 Å². The van der Waals surface area contributed by atoms with Gasteiger partial charge in [-0.15, -0.1) is 0 Å². The number of carbonyl (C=O) groups is 1. The first-order chi connectivity index (χ1) is 11.8. The van der Waals surface area contributed by atoms with Crippen molar-refractivity contribution in [2.75, 3.05) is 6.61 Å². The van der Waals surface area contributed by atoms with E-state index in [1.165, 1.54) is 0 Å². The van der Waals surface area contributed by atoms with E-state index in [0.717, 1.165) is 16.8 Å². The van der Waals surface area contributed by atoms with Crippen LogP contribution >= 0.6 is 0 Å². The summed E-state index contributed by atoms with van der Waals surface area (Å²) in [5.41, 5.74) is 3.13. The fraction of sp³-hybridized carbons (Fsp3) is 0.158. The van der Waals surface area contributed by atoms with Gasteiger partial charge < -0.3 is 14.6 Å². The molecule has 5 nitrogen and oxygen atoms in total. The lowest BCUT2D eigenvalue weighted by molar-refractivity contribution is -0.126. The van der Waals surface area contributed by atoms with Gasteiger partial charge in [0.1, 0.15) is 6.61 Å². The first kappa shape index (κ1) is 16.0. The molecular formula is C19H19N3O2. The van der Waals surface area contributed by atoms with Crippen LogP contribution in [0.3, 0.4) is 0 Å². The van der Waals surface area contributed by atoms with Crippen molar-refractivity contribution in [3.8, 4) is 5.69 Å². The van der Waals surface area contributed by atoms with E-state index in [1.807, 2.05) is 65.4 Å². The summed E-state index contributed by atoms with van der Waals surface area (Å²) in [4.78, 5) is 15.8. The minimum atomic E-state index is -0.121. The Kier molecular flexibility index (Phi) is 5.37. The molecule has 2 aromatic carbocycles. The number of carbonyl (C=O) groups excluding carboxylic acids is 1. The third-order valence-corrected chi connectivity index (χ3v) is 3.57. The highest BCUT2D eigenvalue weighted by Crippen LogP contribution is 2.09. The molecule has 1 aromatic heterocycles. The van der Waals surface area contributed by atoms with Crippen molar-refractivity contribution < 1.29 is 9.53 Å². The summed E-state index contributed by atoms with van der Waals surface area (Å²) in [6.07, 6.45) is 5.38. The molecule has 0 spiro atoms. The Morgan fingerprint density at radius 3 is 2.54 bits per heavy atom. The summed E-state index contributed by atoms with van der Waals surface area (Å²) in [6, 6.07) is 17.8. The van der Waals surface area contributed by atoms with Crippen LogP contribution in [-0.2, 0) is 22.7 Å². The molecule has 5 heteroatoms. The van der Waals surface area contributed by atoms with Gasteiger partial charge in [-0.1, -0.05) is 42.5 Å². The van der Waals surface area contributed by atoms with Crippen LogP contribution in [0.2, 0.25) is 0 Å². The Labute approximate surface area is 140 Å². The highest BCUT2D eigenvalue weighted by molar-refractivity contribution is 5.77. The fourth-order valence-corrected chi connectivity index (χ4v) is 2.29. The number of nitrogens with one attached hydrogen (secondary N) is 1. The molecule has 0 unspecified atom stereocenters. The molecular weight excluding hydrogens is 302 g/mol. The number of amides is 1. The van der Waals surface area contributed by atoms with Crippen LogP contribution in [0.5, 0.6) is 0 Å². The van der Waals surface area contributed by atoms with E-state index in [4.69, 9.17) is 4.74 Å². The quantitative estimate of drug-likeness (QED) is 0.728. The van der Waals surface area contributed by atoms with E-state index < -0.39 is 0 Å². The summed E-state index contributed by atoms with van der Waals surface area (Å²) >= 11 is 0. The van der Waals surface area contributed by atoms with Gasteiger partial charge in [-0.25, -0.2) is 4.98 Å². The first-order valence-electron chi connectivity index (χ1n) is 7.77. The molecule has 0 aliphatic heterocycles. The van der Waals surface area contributed by atoms with E-state index >= 15 is 0 Å². The Morgan fingerprint density at radius 2 is 1.83 bits per heavy atom. The molecule has 0 atom stereocenters. The van der Waals surface area contributed by atoms with Crippen molar-refractivity contribution >= 4 is 5.91 Å². The molecule has 1 heterocycles. The smallest absolute Gasteiger partial charge is 0.246 e. The molecule has 122 valence electrons. The maximum Gasteiger partial charge on any atom is 0.246 e. The Morgan fingerprint density at radius 1 is 1.04 bits per heavy atom. The standard InChI is InChI=1S/C19H19N3O2/c23-19(14-24-13-17-4-2-1-3-5-17)21-12-16-6-8-18(9-7-16)22-11-10-20-15-22/h1-11,15H,12-14H2,(H,21,23). The summed E-state index contributed by atoms with van der Waals surface area (Å²) in [5, 5.41) is 2.86. The number of nitrogens with zero attached hydrogens (tertiary/aromatic N) is 2. The van der Waals surface area contributed by atoms with Gasteiger partial charge in [-0.3, -0.25) is 4.79 Å². The molecule has 0 saturated heterocycles. The fourth-order valence-electron chi connectivity index (χ4n) is 2.29. The van der Waals surface area contributed by atoms with E-state index in [9.17, 15) is 4.79 Å². The minimum Gasteiger partial charge on any atom is -0.367 e. The van der Waals surface area contributed by atoms with Crippen LogP contribution in [0.15, 0.2) is 73.3 Å². The number of hydrogen-bond donors (Lipinski definition) is 1. The number of imidazole rings is 1. The average Bonchev–Trinajstić information content (AvgIpc) is 3.16.